The number of carbonyl (C=O) groups is 2. The molecule has 0 spiro atoms. The molecule has 88 valence electrons. The van der Waals surface area contributed by atoms with Crippen molar-refractivity contribution in [2.75, 3.05) is 0 Å². The zero-order chi connectivity index (χ0) is 12.4. The van der Waals surface area contributed by atoms with E-state index in [2.05, 4.69) is 6.92 Å². The average molecular weight is 249 g/mol. The van der Waals surface area contributed by atoms with Crippen LogP contribution in [0.25, 0.3) is 0 Å². The molecule has 0 amide bonds. The SMILES string of the molecule is CCCCc1cccc2c1C(=O)C=C(Cl)C2=O. The first kappa shape index (κ1) is 12.1. The molecule has 0 atom stereocenters. The van der Waals surface area contributed by atoms with Crippen LogP contribution in [0.2, 0.25) is 0 Å². The molecule has 0 fully saturated rings. The highest BCUT2D eigenvalue weighted by Gasteiger charge is 2.26. The molecular formula is C14H13ClO2. The Morgan fingerprint density at radius 3 is 2.71 bits per heavy atom. The second-order valence-corrected chi connectivity index (χ2v) is 4.54. The maximum absolute atomic E-state index is 11.9. The van der Waals surface area contributed by atoms with Crippen molar-refractivity contribution in [2.24, 2.45) is 0 Å². The highest BCUT2D eigenvalue weighted by Crippen LogP contribution is 2.26. The fourth-order valence-corrected chi connectivity index (χ4v) is 2.24. The first-order chi connectivity index (χ1) is 8.15. The van der Waals surface area contributed by atoms with E-state index < -0.39 is 0 Å². The van der Waals surface area contributed by atoms with E-state index in [-0.39, 0.29) is 16.6 Å². The number of hydrogen-bond acceptors (Lipinski definition) is 2. The summed E-state index contributed by atoms with van der Waals surface area (Å²) in [5, 5.41) is 0.00939. The van der Waals surface area contributed by atoms with Crippen LogP contribution in [-0.2, 0) is 6.42 Å². The first-order valence-corrected chi connectivity index (χ1v) is 6.11. The van der Waals surface area contributed by atoms with Crippen LogP contribution in [0, 0.1) is 0 Å². The fraction of sp³-hybridized carbons (Fsp3) is 0.286. The zero-order valence-electron chi connectivity index (χ0n) is 9.63. The summed E-state index contributed by atoms with van der Waals surface area (Å²) >= 11 is 5.74. The van der Waals surface area contributed by atoms with Crippen LogP contribution in [0.5, 0.6) is 0 Å². The molecule has 3 heteroatoms. The molecule has 0 bridgehead atoms. The fourth-order valence-electron chi connectivity index (χ4n) is 2.04. The van der Waals surface area contributed by atoms with E-state index in [9.17, 15) is 9.59 Å². The van der Waals surface area contributed by atoms with Gasteiger partial charge in [-0.25, -0.2) is 0 Å². The van der Waals surface area contributed by atoms with Gasteiger partial charge >= 0.3 is 0 Å². The number of aryl methyl sites for hydroxylation is 1. The number of benzene rings is 1. The molecule has 1 aliphatic rings. The van der Waals surface area contributed by atoms with Gasteiger partial charge in [0.2, 0.25) is 5.78 Å². The summed E-state index contributed by atoms with van der Waals surface area (Å²) in [6, 6.07) is 5.39. The molecule has 1 aromatic rings. The number of fused-ring (bicyclic) bond motifs is 1. The van der Waals surface area contributed by atoms with Crippen molar-refractivity contribution in [1.29, 1.82) is 0 Å². The number of unbranched alkanes of at least 4 members (excludes halogenated alkanes) is 1. The lowest BCUT2D eigenvalue weighted by Crippen LogP contribution is -2.16. The van der Waals surface area contributed by atoms with Gasteiger partial charge in [-0.1, -0.05) is 43.1 Å². The largest absolute Gasteiger partial charge is 0.289 e. The van der Waals surface area contributed by atoms with Crippen LogP contribution in [0.3, 0.4) is 0 Å². The van der Waals surface area contributed by atoms with Crippen molar-refractivity contribution in [3.8, 4) is 0 Å². The van der Waals surface area contributed by atoms with Gasteiger partial charge in [0, 0.05) is 17.2 Å². The van der Waals surface area contributed by atoms with Gasteiger partial charge in [-0.2, -0.15) is 0 Å². The molecule has 0 saturated carbocycles. The molecule has 0 saturated heterocycles. The van der Waals surface area contributed by atoms with E-state index >= 15 is 0 Å². The van der Waals surface area contributed by atoms with Gasteiger partial charge in [-0.15, -0.1) is 0 Å². The van der Waals surface area contributed by atoms with Crippen LogP contribution in [0.4, 0.5) is 0 Å². The molecule has 17 heavy (non-hydrogen) atoms. The van der Waals surface area contributed by atoms with Crippen molar-refractivity contribution in [1.82, 2.24) is 0 Å². The van der Waals surface area contributed by atoms with Gasteiger partial charge < -0.3 is 0 Å². The minimum absolute atomic E-state index is 0.00939. The molecule has 0 unspecified atom stereocenters. The predicted molar refractivity (Wildman–Crippen MR) is 67.7 cm³/mol. The van der Waals surface area contributed by atoms with Crippen molar-refractivity contribution >= 4 is 23.2 Å². The summed E-state index contributed by atoms with van der Waals surface area (Å²) in [4.78, 5) is 23.7. The Hall–Kier alpha value is -1.41. The third-order valence-corrected chi connectivity index (χ3v) is 3.20. The van der Waals surface area contributed by atoms with Gasteiger partial charge in [-0.3, -0.25) is 9.59 Å². The van der Waals surface area contributed by atoms with Gasteiger partial charge in [0.05, 0.1) is 5.03 Å². The molecule has 2 rings (SSSR count). The average Bonchev–Trinajstić information content (AvgIpc) is 2.33. The maximum atomic E-state index is 11.9. The summed E-state index contributed by atoms with van der Waals surface area (Å²) < 4.78 is 0. The topological polar surface area (TPSA) is 34.1 Å². The second kappa shape index (κ2) is 4.84. The van der Waals surface area contributed by atoms with Crippen LogP contribution in [0.15, 0.2) is 29.3 Å². The second-order valence-electron chi connectivity index (χ2n) is 4.13. The summed E-state index contributed by atoms with van der Waals surface area (Å²) in [7, 11) is 0. The summed E-state index contributed by atoms with van der Waals surface area (Å²) in [6.07, 6.45) is 4.11. The van der Waals surface area contributed by atoms with E-state index in [4.69, 9.17) is 11.6 Å². The molecule has 2 nitrogen and oxygen atoms in total. The number of carbonyl (C=O) groups excluding carboxylic acids is 2. The Bertz CT molecular complexity index is 515. The summed E-state index contributed by atoms with van der Waals surface area (Å²) in [6.45, 7) is 2.10. The van der Waals surface area contributed by atoms with E-state index in [1.54, 1.807) is 6.07 Å². The number of rotatable bonds is 3. The van der Waals surface area contributed by atoms with E-state index in [1.165, 1.54) is 6.08 Å². The lowest BCUT2D eigenvalue weighted by molar-refractivity contribution is 0.0989. The van der Waals surface area contributed by atoms with E-state index in [0.717, 1.165) is 24.8 Å². The van der Waals surface area contributed by atoms with Gasteiger partial charge in [0.15, 0.2) is 5.78 Å². The minimum Gasteiger partial charge on any atom is -0.289 e. The molecule has 0 radical (unpaired) electrons. The van der Waals surface area contributed by atoms with Crippen molar-refractivity contribution in [3.63, 3.8) is 0 Å². The molecule has 1 aromatic carbocycles. The van der Waals surface area contributed by atoms with E-state index in [0.29, 0.717) is 11.1 Å². The van der Waals surface area contributed by atoms with E-state index in [1.807, 2.05) is 12.1 Å². The summed E-state index contributed by atoms with van der Waals surface area (Å²) in [5.74, 6) is -0.407. The normalized spacial score (nSPS) is 14.6. The van der Waals surface area contributed by atoms with Crippen molar-refractivity contribution in [3.05, 3.63) is 46.0 Å². The van der Waals surface area contributed by atoms with Gasteiger partial charge in [0.1, 0.15) is 0 Å². The molecule has 0 aromatic heterocycles. The lowest BCUT2D eigenvalue weighted by atomic mass is 9.88. The standard InChI is InChI=1S/C14H13ClO2/c1-2-3-5-9-6-4-7-10-13(9)12(16)8-11(15)14(10)17/h4,6-8H,2-3,5H2,1H3. The van der Waals surface area contributed by atoms with Crippen LogP contribution in [-0.4, -0.2) is 11.6 Å². The zero-order valence-corrected chi connectivity index (χ0v) is 10.4. The number of hydrogen-bond donors (Lipinski definition) is 0. The van der Waals surface area contributed by atoms with Crippen LogP contribution < -0.4 is 0 Å². The first-order valence-electron chi connectivity index (χ1n) is 5.73. The van der Waals surface area contributed by atoms with Crippen LogP contribution >= 0.6 is 11.6 Å². The minimum atomic E-state index is -0.250. The number of halogens is 1. The Labute approximate surface area is 105 Å². The van der Waals surface area contributed by atoms with Gasteiger partial charge in [0.25, 0.3) is 0 Å². The Balaban J connectivity index is 2.50. The highest BCUT2D eigenvalue weighted by molar-refractivity contribution is 6.49. The molecule has 0 aliphatic heterocycles. The molecular weight excluding hydrogens is 236 g/mol. The highest BCUT2D eigenvalue weighted by atomic mass is 35.5. The number of Topliss-reactive ketones (excluding diaryl/α,β-unsaturated/α-hetero) is 1. The molecule has 0 heterocycles. The van der Waals surface area contributed by atoms with Crippen molar-refractivity contribution in [2.45, 2.75) is 26.2 Å². The summed E-state index contributed by atoms with van der Waals surface area (Å²) in [5.41, 5.74) is 1.93. The van der Waals surface area contributed by atoms with Crippen molar-refractivity contribution < 1.29 is 9.59 Å². The number of ketones is 2. The third kappa shape index (κ3) is 2.18. The predicted octanol–water partition coefficient (Wildman–Crippen LogP) is 3.53. The Kier molecular flexibility index (Phi) is 3.43. The maximum Gasteiger partial charge on any atom is 0.205 e. The number of allylic oxidation sites excluding steroid dienone is 2. The lowest BCUT2D eigenvalue weighted by Gasteiger charge is -2.15. The Morgan fingerprint density at radius 2 is 2.00 bits per heavy atom. The quantitative estimate of drug-likeness (QED) is 0.820. The third-order valence-electron chi connectivity index (χ3n) is 2.92. The Morgan fingerprint density at radius 1 is 1.24 bits per heavy atom. The molecule has 0 N–H and O–H groups in total. The smallest absolute Gasteiger partial charge is 0.205 e. The molecule has 1 aliphatic carbocycles. The van der Waals surface area contributed by atoms with Gasteiger partial charge in [-0.05, 0) is 18.4 Å². The van der Waals surface area contributed by atoms with Crippen LogP contribution in [0.1, 0.15) is 46.0 Å². The monoisotopic (exact) mass is 248 g/mol.